The maximum atomic E-state index is 12.3. The van der Waals surface area contributed by atoms with Crippen LogP contribution < -0.4 is 0 Å². The number of rotatable bonds is 33. The van der Waals surface area contributed by atoms with Gasteiger partial charge in [-0.2, -0.15) is 0 Å². The molecule has 0 bridgehead atoms. The Labute approximate surface area is 509 Å². The molecule has 0 fully saturated rings. The van der Waals surface area contributed by atoms with Crippen LogP contribution in [-0.4, -0.2) is 276 Å². The average molecular weight is 1550 g/mol. The molecule has 0 aromatic heterocycles. The van der Waals surface area contributed by atoms with Gasteiger partial charge in [0.1, 0.15) is 73.2 Å². The van der Waals surface area contributed by atoms with Crippen molar-refractivity contribution in [3.63, 3.8) is 0 Å². The highest BCUT2D eigenvalue weighted by molar-refractivity contribution is 7.83. The molecule has 0 amide bonds. The van der Waals surface area contributed by atoms with Crippen molar-refractivity contribution in [1.29, 1.82) is 0 Å². The summed E-state index contributed by atoms with van der Waals surface area (Å²) in [4.78, 5) is 0.285. The minimum atomic E-state index is -6.60. The summed E-state index contributed by atoms with van der Waals surface area (Å²) in [6.07, 6.45) is -40.2. The van der Waals surface area contributed by atoms with Crippen molar-refractivity contribution in [2.45, 2.75) is 110 Å². The van der Waals surface area contributed by atoms with E-state index >= 15 is 0 Å². The second-order valence-electron chi connectivity index (χ2n) is 17.3. The molecule has 0 spiro atoms. The minimum Gasteiger partial charge on any atom is -0.726 e. The zero-order valence-electron chi connectivity index (χ0n) is 42.1. The molecule has 0 saturated heterocycles. The van der Waals surface area contributed by atoms with Crippen LogP contribution in [0.4, 0.5) is 0 Å². The van der Waals surface area contributed by atoms with Gasteiger partial charge in [0.25, 0.3) is 0 Å². The first kappa shape index (κ1) is 79.8. The summed E-state index contributed by atoms with van der Waals surface area (Å²) in [6, 6.07) is -11.3. The van der Waals surface area contributed by atoms with E-state index in [1.54, 1.807) is 0 Å². The van der Waals surface area contributed by atoms with E-state index < -0.39 is 248 Å². The first-order chi connectivity index (χ1) is 40.1. The monoisotopic (exact) mass is 1550 g/mol. The van der Waals surface area contributed by atoms with Crippen LogP contribution >= 0.6 is 0 Å². The molecule has 0 aromatic rings. The van der Waals surface area contributed by atoms with Crippen LogP contribution in [0, 0.1) is 0 Å². The standard InChI is InChI=1S/C28H44N2O48S12/c31-79(32,33)67-17-7-3-13(21(71-83(43,44)45)25(17)75-87(55,56)57)29(14-4-8-18(68-80(34,35)36)26(76-88(58,59)60)22(14)72-84(46,47)48)11-1-2-12-30(15-5-9-19(69-81(37,38)39)27(77-89(61,62)63)23(15)73-85(49,50)51)16-6-10-20(70-82(40,41)42)28(78-90(64,65)66)24(16)74-86(52,53)54/h3-10,13-28H,1-2,11-12H2,(H,31,32,33)(H,34,35,36)(H,37,38,39)(H,40,41,42)(H,43,44,45)(H,46,47,48)(H,49,50,51)(H,52,53,54)(H,55,56,57)(H,58,59,60)(H,61,62,63)(H,64,65,66)/p-12/t13-,14-,15-,16-,17+,18+,19+,20+,21+,22+,23+,24+,25+,26+,27+,28+/m0/s1. The van der Waals surface area contributed by atoms with E-state index in [0.29, 0.717) is 0 Å². The molecule has 4 rings (SSSR count). The van der Waals surface area contributed by atoms with Crippen molar-refractivity contribution in [1.82, 2.24) is 9.80 Å². The molecule has 0 N–H and O–H groups in total. The van der Waals surface area contributed by atoms with Gasteiger partial charge >= 0.3 is 0 Å². The normalized spacial score (nSPS) is 30.7. The third-order valence-corrected chi connectivity index (χ3v) is 16.8. The zero-order chi connectivity index (χ0) is 69.4. The Hall–Kier alpha value is -2.68. The lowest BCUT2D eigenvalue weighted by atomic mass is 9.87. The highest BCUT2D eigenvalue weighted by Crippen LogP contribution is 2.38. The number of hydrogen-bond acceptors (Lipinski definition) is 50. The smallest absolute Gasteiger partial charge is 0.218 e. The molecule has 16 atom stereocenters. The number of unbranched alkanes of at least 4 members (excludes halogenated alkanes) is 1. The topological polar surface area (TPSA) is 804 Å². The third kappa shape index (κ3) is 27.6. The first-order valence-corrected chi connectivity index (χ1v) is 38.0. The third-order valence-electron chi connectivity index (χ3n) is 11.3. The molecule has 4 aliphatic rings. The molecule has 0 radical (unpaired) electrons. The van der Waals surface area contributed by atoms with Crippen LogP contribution in [0.15, 0.2) is 48.6 Å². The highest BCUT2D eigenvalue weighted by atomic mass is 32.3. The lowest BCUT2D eigenvalue weighted by molar-refractivity contribution is -0.0863. The zero-order valence-corrected chi connectivity index (χ0v) is 51.9. The second-order valence-corrected chi connectivity index (χ2v) is 29.4. The molecule has 0 saturated carbocycles. The Balaban J connectivity index is 2.17. The van der Waals surface area contributed by atoms with E-state index in [2.05, 4.69) is 50.2 Å². The van der Waals surface area contributed by atoms with Gasteiger partial charge in [-0.25, -0.2) is 101 Å². The predicted molar refractivity (Wildman–Crippen MR) is 249 cm³/mol. The van der Waals surface area contributed by atoms with Gasteiger partial charge in [0.05, 0.1) is 24.2 Å². The van der Waals surface area contributed by atoms with Crippen molar-refractivity contribution in [3.8, 4) is 0 Å². The summed E-state index contributed by atoms with van der Waals surface area (Å²) in [5, 5.41) is 0. The van der Waals surface area contributed by atoms with Gasteiger partial charge in [0.15, 0.2) is 0 Å². The fourth-order valence-electron chi connectivity index (χ4n) is 8.94. The molecule has 0 aliphatic heterocycles. The fraction of sp³-hybridized carbons (Fsp3) is 0.714. The van der Waals surface area contributed by atoms with Crippen molar-refractivity contribution in [2.75, 3.05) is 13.1 Å². The summed E-state index contributed by atoms with van der Waals surface area (Å²) in [5.41, 5.74) is 0. The van der Waals surface area contributed by atoms with Gasteiger partial charge in [-0.1, -0.05) is 48.6 Å². The molecule has 4 aliphatic carbocycles. The maximum absolute atomic E-state index is 12.3. The Morgan fingerprint density at radius 2 is 0.344 bits per heavy atom. The summed E-state index contributed by atoms with van der Waals surface area (Å²) < 4.78 is 484. The largest absolute Gasteiger partial charge is 0.726 e. The quantitative estimate of drug-likeness (QED) is 0.0255. The van der Waals surface area contributed by atoms with Crippen LogP contribution in [0.3, 0.4) is 0 Å². The number of hydrogen-bond donors (Lipinski definition) is 0. The van der Waals surface area contributed by atoms with Crippen molar-refractivity contribution in [2.24, 2.45) is 0 Å². The predicted octanol–water partition coefficient (Wildman–Crippen LogP) is -11.7. The van der Waals surface area contributed by atoms with Crippen molar-refractivity contribution < 1.29 is 206 Å². The van der Waals surface area contributed by atoms with Crippen LogP contribution in [-0.2, 0) is 175 Å². The molecule has 526 valence electrons. The van der Waals surface area contributed by atoms with E-state index in [9.17, 15) is 156 Å². The summed E-state index contributed by atoms with van der Waals surface area (Å²) in [6.45, 7) is -3.00. The molecule has 0 aromatic carbocycles. The molecule has 62 heteroatoms. The van der Waals surface area contributed by atoms with E-state index in [1.807, 2.05) is 0 Å². The minimum absolute atomic E-state index is 0.102. The van der Waals surface area contributed by atoms with Gasteiger partial charge in [-0.3, -0.25) is 60.0 Å². The molecular formula is C28H32N2O48S12-12. The number of nitrogens with zero attached hydrogens (tertiary/aromatic N) is 2. The van der Waals surface area contributed by atoms with Gasteiger partial charge < -0.3 is 54.6 Å². The molecule has 90 heavy (non-hydrogen) atoms. The van der Waals surface area contributed by atoms with E-state index in [1.165, 1.54) is 0 Å². The first-order valence-electron chi connectivity index (χ1n) is 22.0. The van der Waals surface area contributed by atoms with Crippen LogP contribution in [0.5, 0.6) is 0 Å². The SMILES string of the molecule is O=S(=O)([O-])O[C@H]1[C@H](OS(=O)(=O)[O-])[C@@H](N(CCCCN([C@H]2C=C[C@@H](OS(=O)(=O)[O-])[C@@H](OS(=O)(=O)[O-])[C@@H]2OS(=O)(=O)[O-])[C@H]2C=C[C@@H](OS(=O)(=O)[O-])[C@@H](OS(=O)(=O)[O-])[C@@H]2OS(=O)(=O)[O-])[C@H]2C=C[C@@H](OS(=O)(=O)[O-])[C@@H](OS(=O)(=O)[O-])[C@@H]2OS(=O)(=O)[O-])C=C[C@H]1OS(=O)(=O)[O-]. The van der Waals surface area contributed by atoms with Crippen LogP contribution in [0.2, 0.25) is 0 Å². The van der Waals surface area contributed by atoms with Crippen molar-refractivity contribution >= 4 is 125 Å². The van der Waals surface area contributed by atoms with E-state index in [4.69, 9.17) is 0 Å². The summed E-state index contributed by atoms with van der Waals surface area (Å²) in [5.74, 6) is 0. The Morgan fingerprint density at radius 3 is 0.478 bits per heavy atom. The van der Waals surface area contributed by atoms with Crippen molar-refractivity contribution in [3.05, 3.63) is 48.6 Å². The summed E-state index contributed by atoms with van der Waals surface area (Å²) >= 11 is 0. The van der Waals surface area contributed by atoms with Crippen LogP contribution in [0.1, 0.15) is 12.8 Å². The van der Waals surface area contributed by atoms with Gasteiger partial charge in [-0.05, 0) is 25.9 Å². The maximum Gasteiger partial charge on any atom is 0.218 e. The Morgan fingerprint density at radius 1 is 0.211 bits per heavy atom. The van der Waals surface area contributed by atoms with E-state index in [0.717, 1.165) is 0 Å². The average Bonchev–Trinajstić information content (AvgIpc) is 0.769. The Bertz CT molecular complexity index is 3640. The second kappa shape index (κ2) is 29.0. The van der Waals surface area contributed by atoms with Gasteiger partial charge in [-0.15, -0.1) is 0 Å². The molecule has 0 heterocycles. The molecule has 0 unspecified atom stereocenters. The Kier molecular flexibility index (Phi) is 25.7. The molecule has 50 nitrogen and oxygen atoms in total. The van der Waals surface area contributed by atoms with E-state index in [-0.39, 0.29) is 58.4 Å². The van der Waals surface area contributed by atoms with Crippen LogP contribution in [0.25, 0.3) is 0 Å². The molecular weight excluding hydrogens is 1520 g/mol. The highest BCUT2D eigenvalue weighted by Gasteiger charge is 2.53. The van der Waals surface area contributed by atoms with Gasteiger partial charge in [0, 0.05) is 0 Å². The van der Waals surface area contributed by atoms with Gasteiger partial charge in [0.2, 0.25) is 125 Å². The lowest BCUT2D eigenvalue weighted by Gasteiger charge is -2.49. The fourth-order valence-corrected chi connectivity index (χ4v) is 14.7. The summed E-state index contributed by atoms with van der Waals surface area (Å²) in [7, 11) is -77.5. The lowest BCUT2D eigenvalue weighted by Crippen LogP contribution is -2.64.